The lowest BCUT2D eigenvalue weighted by Gasteiger charge is -2.31. The smallest absolute Gasteiger partial charge is 0.388 e. The van der Waals surface area contributed by atoms with Crippen LogP contribution in [-0.2, 0) is 6.18 Å². The molecular formula is C16H18ClF5N4O2. The van der Waals surface area contributed by atoms with E-state index in [2.05, 4.69) is 20.1 Å². The average Bonchev–Trinajstić information content (AvgIpc) is 3.05. The van der Waals surface area contributed by atoms with Crippen molar-refractivity contribution in [3.05, 3.63) is 34.1 Å². The first kappa shape index (κ1) is 22.2. The van der Waals surface area contributed by atoms with Crippen LogP contribution in [0, 0.1) is 11.7 Å². The van der Waals surface area contributed by atoms with Gasteiger partial charge in [-0.3, -0.25) is 0 Å². The predicted molar refractivity (Wildman–Crippen MR) is 93.7 cm³/mol. The molecule has 0 amide bonds. The Hall–Kier alpha value is -2.14. The molecule has 1 atom stereocenters. The number of halogens is 6. The number of rotatable bonds is 5. The van der Waals surface area contributed by atoms with Crippen LogP contribution in [0.5, 0.6) is 0 Å². The standard InChI is InChI=1S/C16H17F5N4O2.ClH/c17-7-12(8-1-3-22-4-2-8)23-11-6-9(14-24-25-15(26)27-14)5-10(18)13(11)16(19,20)21;/h5-6,8,12,22-23H,1-4,7H2,(H,25,26);1H/t12-;/m0./s1. The molecule has 156 valence electrons. The Balaban J connectivity index is 0.00000280. The number of hydrogen-bond acceptors (Lipinski definition) is 5. The van der Waals surface area contributed by atoms with Crippen LogP contribution in [0.4, 0.5) is 27.6 Å². The van der Waals surface area contributed by atoms with Gasteiger partial charge in [0.2, 0.25) is 5.89 Å². The maximum atomic E-state index is 14.3. The molecule has 28 heavy (non-hydrogen) atoms. The van der Waals surface area contributed by atoms with Crippen molar-refractivity contribution in [3.8, 4) is 11.5 Å². The zero-order chi connectivity index (χ0) is 19.6. The maximum Gasteiger partial charge on any atom is 0.434 e. The molecule has 3 rings (SSSR count). The van der Waals surface area contributed by atoms with Gasteiger partial charge in [-0.1, -0.05) is 0 Å². The fraction of sp³-hybridized carbons (Fsp3) is 0.500. The minimum Gasteiger partial charge on any atom is -0.388 e. The molecule has 1 saturated heterocycles. The monoisotopic (exact) mass is 428 g/mol. The van der Waals surface area contributed by atoms with E-state index >= 15 is 0 Å². The van der Waals surface area contributed by atoms with Crippen molar-refractivity contribution in [3.63, 3.8) is 0 Å². The fourth-order valence-corrected chi connectivity index (χ4v) is 3.21. The van der Waals surface area contributed by atoms with Gasteiger partial charge in [0.15, 0.2) is 0 Å². The Bertz CT molecular complexity index is 848. The molecule has 3 N–H and O–H groups in total. The zero-order valence-corrected chi connectivity index (χ0v) is 15.2. The van der Waals surface area contributed by atoms with Gasteiger partial charge in [-0.15, -0.1) is 17.5 Å². The first-order chi connectivity index (χ1) is 12.8. The number of H-pyrrole nitrogens is 1. The molecule has 2 aromatic rings. The van der Waals surface area contributed by atoms with Gasteiger partial charge in [-0.05, 0) is 44.0 Å². The highest BCUT2D eigenvalue weighted by Crippen LogP contribution is 2.40. The average molecular weight is 429 g/mol. The van der Waals surface area contributed by atoms with E-state index in [1.54, 1.807) is 0 Å². The van der Waals surface area contributed by atoms with Crippen molar-refractivity contribution in [1.29, 1.82) is 0 Å². The molecule has 0 aliphatic carbocycles. The minimum absolute atomic E-state index is 0. The highest BCUT2D eigenvalue weighted by molar-refractivity contribution is 5.85. The molecule has 2 heterocycles. The summed E-state index contributed by atoms with van der Waals surface area (Å²) in [5, 5.41) is 11.0. The molecule has 1 aromatic heterocycles. The third-order valence-corrected chi connectivity index (χ3v) is 4.52. The number of benzene rings is 1. The van der Waals surface area contributed by atoms with Crippen molar-refractivity contribution in [2.24, 2.45) is 5.92 Å². The van der Waals surface area contributed by atoms with Crippen molar-refractivity contribution >= 4 is 18.1 Å². The van der Waals surface area contributed by atoms with Crippen molar-refractivity contribution in [2.75, 3.05) is 25.1 Å². The van der Waals surface area contributed by atoms with Gasteiger partial charge < -0.3 is 15.1 Å². The van der Waals surface area contributed by atoms with Crippen molar-refractivity contribution < 1.29 is 26.4 Å². The summed E-state index contributed by atoms with van der Waals surface area (Å²) in [5.74, 6) is -3.08. The van der Waals surface area contributed by atoms with Crippen molar-refractivity contribution in [1.82, 2.24) is 15.5 Å². The van der Waals surface area contributed by atoms with Gasteiger partial charge in [0.25, 0.3) is 0 Å². The van der Waals surface area contributed by atoms with Crippen LogP contribution < -0.4 is 16.4 Å². The Labute approximate surface area is 162 Å². The number of aromatic nitrogens is 2. The highest BCUT2D eigenvalue weighted by Gasteiger charge is 2.39. The van der Waals surface area contributed by atoms with E-state index in [9.17, 15) is 26.7 Å². The van der Waals surface area contributed by atoms with E-state index in [0.717, 1.165) is 6.07 Å². The van der Waals surface area contributed by atoms with Crippen molar-refractivity contribution in [2.45, 2.75) is 25.1 Å². The minimum atomic E-state index is -4.99. The number of anilines is 1. The summed E-state index contributed by atoms with van der Waals surface area (Å²) in [5.41, 5.74) is -2.33. The largest absolute Gasteiger partial charge is 0.434 e. The molecule has 1 aliphatic heterocycles. The summed E-state index contributed by atoms with van der Waals surface area (Å²) < 4.78 is 72.6. The third kappa shape index (κ3) is 4.82. The van der Waals surface area contributed by atoms with Crippen LogP contribution in [0.2, 0.25) is 0 Å². The van der Waals surface area contributed by atoms with E-state index in [4.69, 9.17) is 0 Å². The fourth-order valence-electron chi connectivity index (χ4n) is 3.21. The van der Waals surface area contributed by atoms with Gasteiger partial charge in [0.05, 0.1) is 11.7 Å². The lowest BCUT2D eigenvalue weighted by molar-refractivity contribution is -0.139. The molecule has 6 nitrogen and oxygen atoms in total. The number of alkyl halides is 4. The molecule has 0 spiro atoms. The molecule has 0 saturated carbocycles. The van der Waals surface area contributed by atoms with Crippen LogP contribution in [0.15, 0.2) is 21.3 Å². The molecular weight excluding hydrogens is 411 g/mol. The quantitative estimate of drug-likeness (QED) is 0.636. The number of nitrogens with one attached hydrogen (secondary N) is 3. The molecule has 0 radical (unpaired) electrons. The van der Waals surface area contributed by atoms with E-state index < -0.39 is 41.7 Å². The number of hydrogen-bond donors (Lipinski definition) is 3. The summed E-state index contributed by atoms with van der Waals surface area (Å²) in [7, 11) is 0. The van der Waals surface area contributed by atoms with Crippen LogP contribution in [0.3, 0.4) is 0 Å². The molecule has 1 aromatic carbocycles. The van der Waals surface area contributed by atoms with Crippen LogP contribution in [-0.4, -0.2) is 36.0 Å². The van der Waals surface area contributed by atoms with Gasteiger partial charge >= 0.3 is 11.9 Å². The Morgan fingerprint density at radius 1 is 1.29 bits per heavy atom. The Morgan fingerprint density at radius 2 is 1.96 bits per heavy atom. The van der Waals surface area contributed by atoms with E-state index in [-0.39, 0.29) is 29.8 Å². The molecule has 0 bridgehead atoms. The van der Waals surface area contributed by atoms with E-state index in [1.165, 1.54) is 0 Å². The van der Waals surface area contributed by atoms with Gasteiger partial charge in [0, 0.05) is 5.56 Å². The first-order valence-corrected chi connectivity index (χ1v) is 8.29. The second-order valence-corrected chi connectivity index (χ2v) is 6.29. The van der Waals surface area contributed by atoms with Gasteiger partial charge in [-0.2, -0.15) is 13.2 Å². The Morgan fingerprint density at radius 3 is 2.50 bits per heavy atom. The second-order valence-electron chi connectivity index (χ2n) is 6.29. The summed E-state index contributed by atoms with van der Waals surface area (Å²) >= 11 is 0. The van der Waals surface area contributed by atoms with Crippen LogP contribution in [0.25, 0.3) is 11.5 Å². The predicted octanol–water partition coefficient (Wildman–Crippen LogP) is 3.36. The third-order valence-electron chi connectivity index (χ3n) is 4.52. The van der Waals surface area contributed by atoms with E-state index in [1.807, 2.05) is 5.10 Å². The summed E-state index contributed by atoms with van der Waals surface area (Å²) in [6.45, 7) is 0.342. The normalized spacial score (nSPS) is 16.5. The SMILES string of the molecule is Cl.O=c1[nH]nc(-c2cc(F)c(C(F)(F)F)c(N[C@@H](CF)C3CCNCC3)c2)o1. The number of nitrogens with zero attached hydrogens (tertiary/aromatic N) is 1. The molecule has 12 heteroatoms. The zero-order valence-electron chi connectivity index (χ0n) is 14.4. The lowest BCUT2D eigenvalue weighted by atomic mass is 9.90. The molecule has 0 unspecified atom stereocenters. The maximum absolute atomic E-state index is 14.3. The summed E-state index contributed by atoms with van der Waals surface area (Å²) in [4.78, 5) is 11.1. The van der Waals surface area contributed by atoms with Gasteiger partial charge in [0.1, 0.15) is 18.1 Å². The Kier molecular flexibility index (Phi) is 7.05. The molecule has 1 fully saturated rings. The number of aromatic amines is 1. The summed E-state index contributed by atoms with van der Waals surface area (Å²) in [6, 6.07) is 0.616. The van der Waals surface area contributed by atoms with E-state index in [0.29, 0.717) is 32.0 Å². The number of piperidine rings is 1. The lowest BCUT2D eigenvalue weighted by Crippen LogP contribution is -2.39. The second kappa shape index (κ2) is 8.91. The van der Waals surface area contributed by atoms with Crippen LogP contribution >= 0.6 is 12.4 Å². The topological polar surface area (TPSA) is 83.0 Å². The first-order valence-electron chi connectivity index (χ1n) is 8.29. The summed E-state index contributed by atoms with van der Waals surface area (Å²) in [6.07, 6.45) is -3.83. The van der Waals surface area contributed by atoms with Gasteiger partial charge in [-0.25, -0.2) is 18.7 Å². The highest BCUT2D eigenvalue weighted by atomic mass is 35.5. The molecule has 1 aliphatic rings. The van der Waals surface area contributed by atoms with Crippen LogP contribution in [0.1, 0.15) is 18.4 Å².